The molecule has 1 aromatic rings. The van der Waals surface area contributed by atoms with Gasteiger partial charge in [-0.2, -0.15) is 5.26 Å². The maximum atomic E-state index is 13.2. The molecule has 0 saturated heterocycles. The van der Waals surface area contributed by atoms with Crippen LogP contribution >= 0.6 is 11.6 Å². The van der Waals surface area contributed by atoms with E-state index in [2.05, 4.69) is 0 Å². The van der Waals surface area contributed by atoms with Crippen molar-refractivity contribution >= 4 is 11.6 Å². The number of nitrogens with zero attached hydrogens (tertiary/aromatic N) is 1. The van der Waals surface area contributed by atoms with E-state index in [-0.39, 0.29) is 11.6 Å². The van der Waals surface area contributed by atoms with Gasteiger partial charge in [0, 0.05) is 11.1 Å². The second-order valence-electron chi connectivity index (χ2n) is 2.98. The lowest BCUT2D eigenvalue weighted by Crippen LogP contribution is -2.10. The molecule has 1 aromatic carbocycles. The minimum Gasteiger partial charge on any atom is -0.324 e. The second-order valence-corrected chi connectivity index (χ2v) is 3.39. The maximum Gasteiger partial charge on any atom is 0.141 e. The molecular formula is C10H10ClFN2. The lowest BCUT2D eigenvalue weighted by molar-refractivity contribution is 0.613. The van der Waals surface area contributed by atoms with Gasteiger partial charge in [-0.05, 0) is 24.1 Å². The van der Waals surface area contributed by atoms with Crippen molar-refractivity contribution in [3.05, 3.63) is 34.1 Å². The van der Waals surface area contributed by atoms with E-state index in [0.29, 0.717) is 17.0 Å². The van der Waals surface area contributed by atoms with Crippen molar-refractivity contribution in [2.45, 2.75) is 19.4 Å². The Morgan fingerprint density at radius 2 is 2.29 bits per heavy atom. The third-order valence-corrected chi connectivity index (χ3v) is 2.37. The highest BCUT2D eigenvalue weighted by Gasteiger charge is 2.12. The third kappa shape index (κ3) is 2.03. The second kappa shape index (κ2) is 4.41. The van der Waals surface area contributed by atoms with E-state index < -0.39 is 5.82 Å². The van der Waals surface area contributed by atoms with Crippen molar-refractivity contribution in [3.8, 4) is 6.07 Å². The molecule has 2 N–H and O–H groups in total. The van der Waals surface area contributed by atoms with E-state index >= 15 is 0 Å². The van der Waals surface area contributed by atoms with Crippen molar-refractivity contribution in [1.82, 2.24) is 0 Å². The van der Waals surface area contributed by atoms with Crippen LogP contribution in [0, 0.1) is 17.1 Å². The highest BCUT2D eigenvalue weighted by molar-refractivity contribution is 6.31. The van der Waals surface area contributed by atoms with Gasteiger partial charge >= 0.3 is 0 Å². The van der Waals surface area contributed by atoms with Gasteiger partial charge in [-0.25, -0.2) is 4.39 Å². The Hall–Kier alpha value is -1.11. The summed E-state index contributed by atoms with van der Waals surface area (Å²) in [5.74, 6) is -0.573. The first-order chi connectivity index (χ1) is 6.60. The van der Waals surface area contributed by atoms with E-state index in [0.717, 1.165) is 0 Å². The molecule has 0 bridgehead atoms. The number of halogens is 2. The quantitative estimate of drug-likeness (QED) is 0.820. The van der Waals surface area contributed by atoms with Gasteiger partial charge < -0.3 is 5.73 Å². The standard InChI is InChI=1S/C10H10ClFN2/c1-2-10(14)7-4-9(12)6(5-13)3-8(7)11/h3-4,10H,2,14H2,1H3. The molecule has 0 amide bonds. The van der Waals surface area contributed by atoms with Crippen molar-refractivity contribution in [2.75, 3.05) is 0 Å². The number of rotatable bonds is 2. The zero-order valence-corrected chi connectivity index (χ0v) is 8.48. The normalized spacial score (nSPS) is 12.2. The summed E-state index contributed by atoms with van der Waals surface area (Å²) >= 11 is 5.86. The minimum atomic E-state index is -0.573. The van der Waals surface area contributed by atoms with Crippen molar-refractivity contribution in [1.29, 1.82) is 5.26 Å². The summed E-state index contributed by atoms with van der Waals surface area (Å²) in [6.07, 6.45) is 0.672. The SMILES string of the molecule is CCC(N)c1cc(F)c(C#N)cc1Cl. The van der Waals surface area contributed by atoms with Crippen LogP contribution < -0.4 is 5.73 Å². The fraction of sp³-hybridized carbons (Fsp3) is 0.300. The summed E-state index contributed by atoms with van der Waals surface area (Å²) in [6.45, 7) is 1.89. The van der Waals surface area contributed by atoms with Gasteiger partial charge in [0.1, 0.15) is 11.9 Å². The van der Waals surface area contributed by atoms with E-state index in [1.807, 2.05) is 6.92 Å². The molecule has 0 spiro atoms. The highest BCUT2D eigenvalue weighted by Crippen LogP contribution is 2.26. The Balaban J connectivity index is 3.23. The van der Waals surface area contributed by atoms with Gasteiger partial charge in [-0.15, -0.1) is 0 Å². The zero-order chi connectivity index (χ0) is 10.7. The summed E-state index contributed by atoms with van der Waals surface area (Å²) in [5.41, 5.74) is 6.21. The van der Waals surface area contributed by atoms with Crippen LogP contribution in [0.1, 0.15) is 30.5 Å². The van der Waals surface area contributed by atoms with Crippen LogP contribution in [0.25, 0.3) is 0 Å². The molecule has 1 unspecified atom stereocenters. The number of hydrogen-bond donors (Lipinski definition) is 1. The van der Waals surface area contributed by atoms with Gasteiger partial charge in [0.25, 0.3) is 0 Å². The molecule has 4 heteroatoms. The van der Waals surface area contributed by atoms with E-state index in [9.17, 15) is 4.39 Å². The van der Waals surface area contributed by atoms with E-state index in [4.69, 9.17) is 22.6 Å². The van der Waals surface area contributed by atoms with E-state index in [1.165, 1.54) is 12.1 Å². The predicted molar refractivity (Wildman–Crippen MR) is 53.3 cm³/mol. The van der Waals surface area contributed by atoms with Crippen LogP contribution in [0.4, 0.5) is 4.39 Å². The minimum absolute atomic E-state index is 0.0537. The summed E-state index contributed by atoms with van der Waals surface area (Å²) in [5, 5.41) is 8.89. The summed E-state index contributed by atoms with van der Waals surface area (Å²) in [7, 11) is 0. The van der Waals surface area contributed by atoms with Gasteiger partial charge in [-0.1, -0.05) is 18.5 Å². The Morgan fingerprint density at radius 3 is 2.79 bits per heavy atom. The van der Waals surface area contributed by atoms with Gasteiger partial charge in [0.15, 0.2) is 0 Å². The fourth-order valence-corrected chi connectivity index (χ4v) is 1.46. The Morgan fingerprint density at radius 1 is 1.64 bits per heavy atom. The molecule has 0 heterocycles. The maximum absolute atomic E-state index is 13.2. The monoisotopic (exact) mass is 212 g/mol. The average Bonchev–Trinajstić information content (AvgIpc) is 2.19. The lowest BCUT2D eigenvalue weighted by atomic mass is 10.0. The molecule has 0 radical (unpaired) electrons. The van der Waals surface area contributed by atoms with Crippen LogP contribution in [0.15, 0.2) is 12.1 Å². The van der Waals surface area contributed by atoms with Crippen LogP contribution in [0.3, 0.4) is 0 Å². The Kier molecular flexibility index (Phi) is 3.45. The first-order valence-electron chi connectivity index (χ1n) is 4.24. The van der Waals surface area contributed by atoms with Crippen molar-refractivity contribution in [3.63, 3.8) is 0 Å². The molecule has 74 valence electrons. The van der Waals surface area contributed by atoms with Gasteiger partial charge in [0.05, 0.1) is 5.56 Å². The van der Waals surface area contributed by atoms with Crippen LogP contribution in [0.2, 0.25) is 5.02 Å². The Bertz CT molecular complexity index is 384. The molecule has 14 heavy (non-hydrogen) atoms. The number of nitrogens with two attached hydrogens (primary N) is 1. The number of benzene rings is 1. The average molecular weight is 213 g/mol. The number of nitriles is 1. The molecule has 0 aliphatic carbocycles. The lowest BCUT2D eigenvalue weighted by Gasteiger charge is -2.11. The molecule has 0 aliphatic heterocycles. The third-order valence-electron chi connectivity index (χ3n) is 2.05. The fourth-order valence-electron chi connectivity index (χ4n) is 1.15. The van der Waals surface area contributed by atoms with Crippen LogP contribution in [-0.4, -0.2) is 0 Å². The smallest absolute Gasteiger partial charge is 0.141 e. The topological polar surface area (TPSA) is 49.8 Å². The summed E-state index contributed by atoms with van der Waals surface area (Å²) in [4.78, 5) is 0. The zero-order valence-electron chi connectivity index (χ0n) is 7.72. The summed E-state index contributed by atoms with van der Waals surface area (Å²) in [6, 6.07) is 3.97. The molecule has 0 fully saturated rings. The summed E-state index contributed by atoms with van der Waals surface area (Å²) < 4.78 is 13.2. The molecule has 0 aliphatic rings. The van der Waals surface area contributed by atoms with Crippen LogP contribution in [-0.2, 0) is 0 Å². The van der Waals surface area contributed by atoms with Crippen molar-refractivity contribution < 1.29 is 4.39 Å². The molecule has 2 nitrogen and oxygen atoms in total. The highest BCUT2D eigenvalue weighted by atomic mass is 35.5. The first kappa shape index (κ1) is 11.0. The van der Waals surface area contributed by atoms with Gasteiger partial charge in [-0.3, -0.25) is 0 Å². The molecular weight excluding hydrogens is 203 g/mol. The van der Waals surface area contributed by atoms with Crippen LogP contribution in [0.5, 0.6) is 0 Å². The largest absolute Gasteiger partial charge is 0.324 e. The first-order valence-corrected chi connectivity index (χ1v) is 4.62. The Labute approximate surface area is 87.1 Å². The van der Waals surface area contributed by atoms with Crippen molar-refractivity contribution in [2.24, 2.45) is 5.73 Å². The molecule has 1 atom stereocenters. The number of hydrogen-bond acceptors (Lipinski definition) is 2. The molecule has 0 saturated carbocycles. The van der Waals surface area contributed by atoms with E-state index in [1.54, 1.807) is 6.07 Å². The molecule has 1 rings (SSSR count). The van der Waals surface area contributed by atoms with Gasteiger partial charge in [0.2, 0.25) is 0 Å². The predicted octanol–water partition coefficient (Wildman–Crippen LogP) is 2.76. The molecule has 0 aromatic heterocycles.